The van der Waals surface area contributed by atoms with Gasteiger partial charge in [0.15, 0.2) is 0 Å². The van der Waals surface area contributed by atoms with E-state index in [4.69, 9.17) is 4.74 Å². The molecule has 0 saturated carbocycles. The van der Waals surface area contributed by atoms with Gasteiger partial charge in [-0.05, 0) is 25.6 Å². The van der Waals surface area contributed by atoms with Crippen molar-refractivity contribution in [3.05, 3.63) is 24.0 Å². The minimum atomic E-state index is 0.738. The third-order valence-corrected chi connectivity index (χ3v) is 2.54. The summed E-state index contributed by atoms with van der Waals surface area (Å²) in [5, 5.41) is 3.17. The molecule has 4 heteroatoms. The second kappa shape index (κ2) is 7.19. The van der Waals surface area contributed by atoms with Gasteiger partial charge in [0.25, 0.3) is 0 Å². The zero-order chi connectivity index (χ0) is 11.8. The van der Waals surface area contributed by atoms with Gasteiger partial charge < -0.3 is 15.0 Å². The number of methoxy groups -OCH3 is 1. The van der Waals surface area contributed by atoms with Crippen molar-refractivity contribution < 1.29 is 4.74 Å². The van der Waals surface area contributed by atoms with Crippen LogP contribution in [0.25, 0.3) is 0 Å². The molecular formula is C12H21N3O. The van der Waals surface area contributed by atoms with E-state index in [1.54, 1.807) is 7.11 Å². The Morgan fingerprint density at radius 2 is 2.31 bits per heavy atom. The summed E-state index contributed by atoms with van der Waals surface area (Å²) in [4.78, 5) is 6.48. The second-order valence-corrected chi connectivity index (χ2v) is 3.61. The van der Waals surface area contributed by atoms with E-state index in [1.807, 2.05) is 19.4 Å². The number of nitrogens with one attached hydrogen (secondary N) is 1. The molecule has 0 radical (unpaired) electrons. The zero-order valence-corrected chi connectivity index (χ0v) is 10.4. The fraction of sp³-hybridized carbons (Fsp3) is 0.583. The number of aromatic nitrogens is 1. The average molecular weight is 223 g/mol. The number of ether oxygens (including phenoxy) is 1. The molecule has 1 N–H and O–H groups in total. The van der Waals surface area contributed by atoms with Crippen molar-refractivity contribution in [3.8, 4) is 0 Å². The van der Waals surface area contributed by atoms with Crippen LogP contribution in [0.1, 0.15) is 12.5 Å². The molecule has 1 aromatic heterocycles. The van der Waals surface area contributed by atoms with Gasteiger partial charge in [-0.15, -0.1) is 0 Å². The number of nitrogens with zero attached hydrogens (tertiary/aromatic N) is 2. The van der Waals surface area contributed by atoms with Gasteiger partial charge in [-0.25, -0.2) is 0 Å². The molecule has 1 rings (SSSR count). The fourth-order valence-corrected chi connectivity index (χ4v) is 1.69. The monoisotopic (exact) mass is 223 g/mol. The molecule has 1 heterocycles. The summed E-state index contributed by atoms with van der Waals surface area (Å²) in [5.41, 5.74) is 2.46. The highest BCUT2D eigenvalue weighted by atomic mass is 16.5. The van der Waals surface area contributed by atoms with Crippen molar-refractivity contribution in [2.75, 3.05) is 38.8 Å². The number of rotatable bonds is 7. The molecule has 0 amide bonds. The Morgan fingerprint density at radius 1 is 1.50 bits per heavy atom. The summed E-state index contributed by atoms with van der Waals surface area (Å²) in [7, 11) is 3.68. The lowest BCUT2D eigenvalue weighted by Gasteiger charge is -2.24. The molecule has 0 bridgehead atoms. The summed E-state index contributed by atoms with van der Waals surface area (Å²) in [5.74, 6) is 0. The highest BCUT2D eigenvalue weighted by Crippen LogP contribution is 2.18. The first-order chi connectivity index (χ1) is 7.83. The summed E-state index contributed by atoms with van der Waals surface area (Å²) in [6.45, 7) is 5.61. The van der Waals surface area contributed by atoms with Gasteiger partial charge in [0.05, 0.1) is 18.5 Å². The Labute approximate surface area is 97.6 Å². The van der Waals surface area contributed by atoms with E-state index >= 15 is 0 Å². The van der Waals surface area contributed by atoms with Gasteiger partial charge >= 0.3 is 0 Å². The lowest BCUT2D eigenvalue weighted by atomic mass is 10.2. The van der Waals surface area contributed by atoms with Crippen molar-refractivity contribution >= 4 is 5.69 Å². The van der Waals surface area contributed by atoms with Crippen LogP contribution >= 0.6 is 0 Å². The van der Waals surface area contributed by atoms with E-state index in [9.17, 15) is 0 Å². The molecule has 0 aromatic carbocycles. The van der Waals surface area contributed by atoms with Crippen molar-refractivity contribution in [1.29, 1.82) is 0 Å². The predicted octanol–water partition coefficient (Wildman–Crippen LogP) is 1.27. The normalized spacial score (nSPS) is 10.4. The quantitative estimate of drug-likeness (QED) is 0.755. The molecule has 16 heavy (non-hydrogen) atoms. The number of likely N-dealkylation sites (N-methyl/N-ethyl adjacent to an activating group) is 1. The SMILES string of the molecule is CCN(CCOC)c1cnccc1CNC. The first-order valence-electron chi connectivity index (χ1n) is 5.64. The highest BCUT2D eigenvalue weighted by Gasteiger charge is 2.08. The maximum absolute atomic E-state index is 5.12. The van der Waals surface area contributed by atoms with Gasteiger partial charge in [-0.3, -0.25) is 4.98 Å². The van der Waals surface area contributed by atoms with Gasteiger partial charge in [-0.2, -0.15) is 0 Å². The number of anilines is 1. The molecule has 0 aliphatic rings. The van der Waals surface area contributed by atoms with Crippen LogP contribution in [0.4, 0.5) is 5.69 Å². The largest absolute Gasteiger partial charge is 0.383 e. The Kier molecular flexibility index (Phi) is 5.82. The molecule has 0 spiro atoms. The molecule has 0 saturated heterocycles. The highest BCUT2D eigenvalue weighted by molar-refractivity contribution is 5.51. The summed E-state index contributed by atoms with van der Waals surface area (Å²) in [6, 6.07) is 2.06. The molecule has 0 aliphatic carbocycles. The Balaban J connectivity index is 2.81. The van der Waals surface area contributed by atoms with Crippen LogP contribution < -0.4 is 10.2 Å². The van der Waals surface area contributed by atoms with Crippen LogP contribution in [-0.4, -0.2) is 38.8 Å². The minimum absolute atomic E-state index is 0.738. The van der Waals surface area contributed by atoms with E-state index < -0.39 is 0 Å². The van der Waals surface area contributed by atoms with Crippen LogP contribution in [0.5, 0.6) is 0 Å². The number of pyridine rings is 1. The van der Waals surface area contributed by atoms with Crippen LogP contribution in [0, 0.1) is 0 Å². The van der Waals surface area contributed by atoms with Gasteiger partial charge in [0.1, 0.15) is 0 Å². The van der Waals surface area contributed by atoms with E-state index in [2.05, 4.69) is 28.2 Å². The topological polar surface area (TPSA) is 37.4 Å². The van der Waals surface area contributed by atoms with Crippen LogP contribution in [0.15, 0.2) is 18.5 Å². The fourth-order valence-electron chi connectivity index (χ4n) is 1.69. The maximum Gasteiger partial charge on any atom is 0.0637 e. The lowest BCUT2D eigenvalue weighted by molar-refractivity contribution is 0.205. The standard InChI is InChI=1S/C12H21N3O/c1-4-15(7-8-16-3)12-10-14-6-5-11(12)9-13-2/h5-6,10,13H,4,7-9H2,1-3H3. The molecule has 0 fully saturated rings. The zero-order valence-electron chi connectivity index (χ0n) is 10.4. The third kappa shape index (κ3) is 3.47. The molecular weight excluding hydrogens is 202 g/mol. The first-order valence-corrected chi connectivity index (χ1v) is 5.64. The Morgan fingerprint density at radius 3 is 2.94 bits per heavy atom. The van der Waals surface area contributed by atoms with E-state index in [0.717, 1.165) is 26.2 Å². The summed E-state index contributed by atoms with van der Waals surface area (Å²) in [6.07, 6.45) is 3.76. The van der Waals surface area contributed by atoms with E-state index in [0.29, 0.717) is 0 Å². The Bertz CT molecular complexity index is 304. The summed E-state index contributed by atoms with van der Waals surface area (Å²) >= 11 is 0. The van der Waals surface area contributed by atoms with Crippen LogP contribution in [-0.2, 0) is 11.3 Å². The molecule has 0 aliphatic heterocycles. The third-order valence-electron chi connectivity index (χ3n) is 2.54. The van der Waals surface area contributed by atoms with E-state index in [1.165, 1.54) is 11.3 Å². The van der Waals surface area contributed by atoms with Gasteiger partial charge in [-0.1, -0.05) is 0 Å². The summed E-state index contributed by atoms with van der Waals surface area (Å²) < 4.78 is 5.12. The van der Waals surface area contributed by atoms with Crippen LogP contribution in [0.3, 0.4) is 0 Å². The van der Waals surface area contributed by atoms with Gasteiger partial charge in [0.2, 0.25) is 0 Å². The Hall–Kier alpha value is -1.13. The van der Waals surface area contributed by atoms with Crippen molar-refractivity contribution in [3.63, 3.8) is 0 Å². The molecule has 4 nitrogen and oxygen atoms in total. The first kappa shape index (κ1) is 12.9. The van der Waals surface area contributed by atoms with E-state index in [-0.39, 0.29) is 0 Å². The second-order valence-electron chi connectivity index (χ2n) is 3.61. The van der Waals surface area contributed by atoms with Crippen molar-refractivity contribution in [2.24, 2.45) is 0 Å². The molecule has 0 unspecified atom stereocenters. The predicted molar refractivity (Wildman–Crippen MR) is 66.8 cm³/mol. The number of hydrogen-bond donors (Lipinski definition) is 1. The maximum atomic E-state index is 5.12. The van der Waals surface area contributed by atoms with Crippen LogP contribution in [0.2, 0.25) is 0 Å². The minimum Gasteiger partial charge on any atom is -0.383 e. The van der Waals surface area contributed by atoms with Crippen molar-refractivity contribution in [2.45, 2.75) is 13.5 Å². The molecule has 0 atom stereocenters. The smallest absolute Gasteiger partial charge is 0.0637 e. The molecule has 1 aromatic rings. The van der Waals surface area contributed by atoms with Crippen molar-refractivity contribution in [1.82, 2.24) is 10.3 Å². The number of hydrogen-bond acceptors (Lipinski definition) is 4. The molecule has 90 valence electrons. The lowest BCUT2D eigenvalue weighted by Crippen LogP contribution is -2.28. The average Bonchev–Trinajstić information content (AvgIpc) is 2.32. The van der Waals surface area contributed by atoms with Gasteiger partial charge in [0, 0.05) is 32.9 Å².